The fraction of sp³-hybridized carbons (Fsp3) is 0.857. The van der Waals surface area contributed by atoms with Crippen molar-refractivity contribution in [3.05, 3.63) is 0 Å². The van der Waals surface area contributed by atoms with Crippen LogP contribution in [0.25, 0.3) is 0 Å². The Labute approximate surface area is 110 Å². The summed E-state index contributed by atoms with van der Waals surface area (Å²) in [5, 5.41) is 8.39. The topological polar surface area (TPSA) is 63.6 Å². The Morgan fingerprint density at radius 2 is 1.78 bits per heavy atom. The molecule has 0 bridgehead atoms. The Morgan fingerprint density at radius 3 is 2.39 bits per heavy atom. The second-order valence-electron chi connectivity index (χ2n) is 4.83. The molecule has 0 aromatic carbocycles. The number of carbonyl (C=O) groups is 2. The first-order chi connectivity index (χ1) is 8.56. The van der Waals surface area contributed by atoms with Crippen molar-refractivity contribution >= 4 is 11.9 Å². The van der Waals surface area contributed by atoms with Crippen molar-refractivity contribution in [3.63, 3.8) is 0 Å². The molecule has 1 unspecified atom stereocenters. The standard InChI is InChI=1S/C14H26O4/c1-3-12(2)8-6-4-5-7-11-18-14(17)10-9-13(15)16/h12H,3-11H2,1-2H3,(H,15,16). The number of hydrogen-bond acceptors (Lipinski definition) is 3. The van der Waals surface area contributed by atoms with Crippen molar-refractivity contribution in [1.29, 1.82) is 0 Å². The highest BCUT2D eigenvalue weighted by Crippen LogP contribution is 2.12. The summed E-state index contributed by atoms with van der Waals surface area (Å²) >= 11 is 0. The average Bonchev–Trinajstić information content (AvgIpc) is 2.34. The lowest BCUT2D eigenvalue weighted by Crippen LogP contribution is -2.08. The van der Waals surface area contributed by atoms with Crippen LogP contribution in [0.4, 0.5) is 0 Å². The first-order valence-electron chi connectivity index (χ1n) is 6.93. The molecule has 0 aliphatic heterocycles. The molecule has 0 aliphatic rings. The molecule has 106 valence electrons. The van der Waals surface area contributed by atoms with Gasteiger partial charge in [-0.3, -0.25) is 9.59 Å². The summed E-state index contributed by atoms with van der Waals surface area (Å²) in [5.74, 6) is -0.562. The van der Waals surface area contributed by atoms with Gasteiger partial charge in [0, 0.05) is 0 Å². The monoisotopic (exact) mass is 258 g/mol. The minimum absolute atomic E-state index is 0.0245. The van der Waals surface area contributed by atoms with Gasteiger partial charge >= 0.3 is 11.9 Å². The molecule has 0 saturated heterocycles. The van der Waals surface area contributed by atoms with Crippen molar-refractivity contribution in [1.82, 2.24) is 0 Å². The van der Waals surface area contributed by atoms with Gasteiger partial charge in [0.2, 0.25) is 0 Å². The van der Waals surface area contributed by atoms with E-state index < -0.39 is 11.9 Å². The van der Waals surface area contributed by atoms with Crippen LogP contribution in [-0.2, 0) is 14.3 Å². The normalized spacial score (nSPS) is 12.1. The highest BCUT2D eigenvalue weighted by molar-refractivity contribution is 5.76. The number of ether oxygens (including phenoxy) is 1. The molecule has 0 aromatic rings. The maximum atomic E-state index is 11.1. The van der Waals surface area contributed by atoms with Crippen LogP contribution in [0.2, 0.25) is 0 Å². The number of carbonyl (C=O) groups excluding carboxylic acids is 1. The van der Waals surface area contributed by atoms with Crippen molar-refractivity contribution in [2.24, 2.45) is 5.92 Å². The largest absolute Gasteiger partial charge is 0.481 e. The number of carboxylic acid groups (broad SMARTS) is 1. The second-order valence-corrected chi connectivity index (χ2v) is 4.83. The molecule has 0 heterocycles. The molecule has 4 nitrogen and oxygen atoms in total. The van der Waals surface area contributed by atoms with Gasteiger partial charge in [-0.2, -0.15) is 0 Å². The molecule has 1 atom stereocenters. The zero-order valence-electron chi connectivity index (χ0n) is 11.6. The third-order valence-corrected chi connectivity index (χ3v) is 3.09. The lowest BCUT2D eigenvalue weighted by Gasteiger charge is -2.07. The van der Waals surface area contributed by atoms with Crippen LogP contribution in [0.3, 0.4) is 0 Å². The van der Waals surface area contributed by atoms with Crippen LogP contribution < -0.4 is 0 Å². The lowest BCUT2D eigenvalue weighted by atomic mass is 10.0. The Balaban J connectivity index is 3.24. The fourth-order valence-corrected chi connectivity index (χ4v) is 1.62. The van der Waals surface area contributed by atoms with Gasteiger partial charge in [-0.05, 0) is 12.3 Å². The van der Waals surface area contributed by atoms with E-state index in [1.807, 2.05) is 0 Å². The van der Waals surface area contributed by atoms with Crippen LogP contribution in [0.15, 0.2) is 0 Å². The van der Waals surface area contributed by atoms with Gasteiger partial charge in [-0.25, -0.2) is 0 Å². The SMILES string of the molecule is CCC(C)CCCCCCOC(=O)CCC(=O)O. The van der Waals surface area contributed by atoms with E-state index in [-0.39, 0.29) is 12.8 Å². The number of esters is 1. The van der Waals surface area contributed by atoms with E-state index in [4.69, 9.17) is 9.84 Å². The van der Waals surface area contributed by atoms with Crippen LogP contribution >= 0.6 is 0 Å². The van der Waals surface area contributed by atoms with E-state index in [1.54, 1.807) is 0 Å². The summed E-state index contributed by atoms with van der Waals surface area (Å²) in [4.78, 5) is 21.3. The molecule has 18 heavy (non-hydrogen) atoms. The summed E-state index contributed by atoms with van der Waals surface area (Å²) < 4.78 is 4.94. The van der Waals surface area contributed by atoms with E-state index in [0.717, 1.165) is 18.8 Å². The Kier molecular flexibility index (Phi) is 10.4. The Morgan fingerprint density at radius 1 is 1.11 bits per heavy atom. The number of carboxylic acids is 1. The van der Waals surface area contributed by atoms with Crippen LogP contribution in [0.5, 0.6) is 0 Å². The molecule has 0 amide bonds. The molecule has 4 heteroatoms. The number of unbranched alkanes of at least 4 members (excludes halogenated alkanes) is 3. The van der Waals surface area contributed by atoms with Crippen LogP contribution in [0.1, 0.15) is 65.2 Å². The van der Waals surface area contributed by atoms with Gasteiger partial charge < -0.3 is 9.84 Å². The molecule has 0 aliphatic carbocycles. The van der Waals surface area contributed by atoms with Gasteiger partial charge in [0.05, 0.1) is 19.4 Å². The molecule has 0 rings (SSSR count). The third-order valence-electron chi connectivity index (χ3n) is 3.09. The molecule has 0 radical (unpaired) electrons. The van der Waals surface area contributed by atoms with Crippen molar-refractivity contribution < 1.29 is 19.4 Å². The number of rotatable bonds is 11. The summed E-state index contributed by atoms with van der Waals surface area (Å²) in [7, 11) is 0. The smallest absolute Gasteiger partial charge is 0.306 e. The molecular weight excluding hydrogens is 232 g/mol. The van der Waals surface area contributed by atoms with Gasteiger partial charge in [0.1, 0.15) is 0 Å². The van der Waals surface area contributed by atoms with E-state index in [1.165, 1.54) is 25.7 Å². The van der Waals surface area contributed by atoms with Crippen molar-refractivity contribution in [3.8, 4) is 0 Å². The summed E-state index contributed by atoms with van der Waals surface area (Å²) in [6.45, 7) is 4.90. The maximum absolute atomic E-state index is 11.1. The van der Waals surface area contributed by atoms with E-state index in [0.29, 0.717) is 6.61 Å². The van der Waals surface area contributed by atoms with Crippen molar-refractivity contribution in [2.45, 2.75) is 65.2 Å². The predicted octanol–water partition coefficient (Wildman–Crippen LogP) is 3.39. The predicted molar refractivity (Wildman–Crippen MR) is 70.4 cm³/mol. The highest BCUT2D eigenvalue weighted by Gasteiger charge is 2.06. The minimum atomic E-state index is -0.961. The quantitative estimate of drug-likeness (QED) is 0.456. The molecule has 0 aromatic heterocycles. The summed E-state index contributed by atoms with van der Waals surface area (Å²) in [6.07, 6.45) is 6.70. The zero-order valence-corrected chi connectivity index (χ0v) is 11.6. The Hall–Kier alpha value is -1.06. The number of aliphatic carboxylic acids is 1. The minimum Gasteiger partial charge on any atom is -0.481 e. The first-order valence-corrected chi connectivity index (χ1v) is 6.93. The average molecular weight is 258 g/mol. The first kappa shape index (κ1) is 16.9. The summed E-state index contributed by atoms with van der Waals surface area (Å²) in [5.41, 5.74) is 0. The third kappa shape index (κ3) is 11.4. The van der Waals surface area contributed by atoms with Gasteiger partial charge in [0.25, 0.3) is 0 Å². The highest BCUT2D eigenvalue weighted by atomic mass is 16.5. The molecule has 0 saturated carbocycles. The Bertz CT molecular complexity index is 238. The van der Waals surface area contributed by atoms with E-state index >= 15 is 0 Å². The van der Waals surface area contributed by atoms with Crippen LogP contribution in [0, 0.1) is 5.92 Å². The molecule has 0 spiro atoms. The van der Waals surface area contributed by atoms with Crippen molar-refractivity contribution in [2.75, 3.05) is 6.61 Å². The van der Waals surface area contributed by atoms with Gasteiger partial charge in [0.15, 0.2) is 0 Å². The zero-order chi connectivity index (χ0) is 13.8. The van der Waals surface area contributed by atoms with Gasteiger partial charge in [-0.1, -0.05) is 46.0 Å². The maximum Gasteiger partial charge on any atom is 0.306 e. The van der Waals surface area contributed by atoms with Crippen LogP contribution in [-0.4, -0.2) is 23.7 Å². The van der Waals surface area contributed by atoms with E-state index in [2.05, 4.69) is 13.8 Å². The summed E-state index contributed by atoms with van der Waals surface area (Å²) in [6, 6.07) is 0. The number of hydrogen-bond donors (Lipinski definition) is 1. The second kappa shape index (κ2) is 11.1. The molecule has 0 fully saturated rings. The fourth-order valence-electron chi connectivity index (χ4n) is 1.62. The molecular formula is C14H26O4. The lowest BCUT2D eigenvalue weighted by molar-refractivity contribution is -0.147. The van der Waals surface area contributed by atoms with E-state index in [9.17, 15) is 9.59 Å². The van der Waals surface area contributed by atoms with Gasteiger partial charge in [-0.15, -0.1) is 0 Å². The molecule has 1 N–H and O–H groups in total.